The van der Waals surface area contributed by atoms with Crippen molar-refractivity contribution in [2.45, 2.75) is 0 Å². The third-order valence-corrected chi connectivity index (χ3v) is 1.88. The lowest BCUT2D eigenvalue weighted by molar-refractivity contribution is 0.768. The van der Waals surface area contributed by atoms with E-state index in [1.165, 1.54) is 0 Å². The molecule has 14 heavy (non-hydrogen) atoms. The summed E-state index contributed by atoms with van der Waals surface area (Å²) in [6.45, 7) is 6.79. The molecule has 4 nitrogen and oxygen atoms in total. The molecule has 2 rings (SSSR count). The molecular weight excluding hydrogens is 176 g/mol. The summed E-state index contributed by atoms with van der Waals surface area (Å²) in [6, 6.07) is 3.58. The van der Waals surface area contributed by atoms with E-state index in [0.717, 1.165) is 11.3 Å². The van der Waals surface area contributed by atoms with Gasteiger partial charge in [0.05, 0.1) is 18.5 Å². The second kappa shape index (κ2) is 3.30. The van der Waals surface area contributed by atoms with Crippen molar-refractivity contribution in [2.24, 2.45) is 7.05 Å². The fourth-order valence-corrected chi connectivity index (χ4v) is 1.18. The smallest absolute Gasteiger partial charge is 0.205 e. The van der Waals surface area contributed by atoms with E-state index in [2.05, 4.69) is 14.9 Å². The van der Waals surface area contributed by atoms with Gasteiger partial charge in [-0.05, 0) is 6.07 Å². The summed E-state index contributed by atoms with van der Waals surface area (Å²) in [5.41, 5.74) is 2.35. The average molecular weight is 184 g/mol. The van der Waals surface area contributed by atoms with Gasteiger partial charge in [-0.3, -0.25) is 9.67 Å². The highest BCUT2D eigenvalue weighted by Gasteiger charge is 2.00. The zero-order valence-corrected chi connectivity index (χ0v) is 7.68. The van der Waals surface area contributed by atoms with Gasteiger partial charge < -0.3 is 0 Å². The van der Waals surface area contributed by atoms with E-state index in [-0.39, 0.29) is 0 Å². The maximum atomic E-state index is 6.79. The van der Waals surface area contributed by atoms with Crippen LogP contribution in [0.25, 0.3) is 16.1 Å². The lowest BCUT2D eigenvalue weighted by Gasteiger charge is -1.94. The molecule has 0 radical (unpaired) electrons. The highest BCUT2D eigenvalue weighted by molar-refractivity contribution is 5.59. The van der Waals surface area contributed by atoms with Crippen molar-refractivity contribution in [2.75, 3.05) is 0 Å². The van der Waals surface area contributed by atoms with Crippen LogP contribution in [0.15, 0.2) is 30.7 Å². The van der Waals surface area contributed by atoms with Crippen molar-refractivity contribution in [3.8, 4) is 11.3 Å². The maximum absolute atomic E-state index is 6.79. The first-order valence-corrected chi connectivity index (χ1v) is 4.12. The van der Waals surface area contributed by atoms with Gasteiger partial charge in [-0.1, -0.05) is 6.07 Å². The second-order valence-electron chi connectivity index (χ2n) is 2.92. The Morgan fingerprint density at radius 3 is 2.71 bits per heavy atom. The molecule has 0 aliphatic rings. The molecule has 4 heteroatoms. The second-order valence-corrected chi connectivity index (χ2v) is 2.92. The molecule has 0 bridgehead atoms. The first kappa shape index (κ1) is 8.45. The van der Waals surface area contributed by atoms with E-state index in [4.69, 9.17) is 6.57 Å². The van der Waals surface area contributed by atoms with Gasteiger partial charge in [0.2, 0.25) is 5.69 Å². The molecule has 0 N–H and O–H groups in total. The minimum Gasteiger partial charge on any atom is -0.275 e. The van der Waals surface area contributed by atoms with Crippen molar-refractivity contribution in [1.82, 2.24) is 14.8 Å². The fourth-order valence-electron chi connectivity index (χ4n) is 1.18. The van der Waals surface area contributed by atoms with Crippen LogP contribution < -0.4 is 0 Å². The molecule has 0 aliphatic carbocycles. The van der Waals surface area contributed by atoms with Crippen molar-refractivity contribution < 1.29 is 0 Å². The zero-order valence-electron chi connectivity index (χ0n) is 7.68. The highest BCUT2D eigenvalue weighted by Crippen LogP contribution is 2.18. The molecule has 68 valence electrons. The van der Waals surface area contributed by atoms with Crippen LogP contribution in [-0.4, -0.2) is 14.8 Å². The number of aromatic nitrogens is 3. The van der Waals surface area contributed by atoms with Crippen LogP contribution in [0.3, 0.4) is 0 Å². The molecule has 2 aromatic heterocycles. The third-order valence-electron chi connectivity index (χ3n) is 1.88. The molecule has 0 atom stereocenters. The number of hydrogen-bond acceptors (Lipinski definition) is 2. The highest BCUT2D eigenvalue weighted by atomic mass is 15.2. The van der Waals surface area contributed by atoms with E-state index in [1.54, 1.807) is 23.1 Å². The first-order chi connectivity index (χ1) is 6.79. The van der Waals surface area contributed by atoms with Crippen molar-refractivity contribution >= 4 is 5.69 Å². The Morgan fingerprint density at radius 1 is 1.36 bits per heavy atom. The molecule has 0 spiro atoms. The van der Waals surface area contributed by atoms with Gasteiger partial charge in [-0.25, -0.2) is 4.85 Å². The summed E-state index contributed by atoms with van der Waals surface area (Å²) < 4.78 is 1.72. The van der Waals surface area contributed by atoms with Crippen LogP contribution in [0.1, 0.15) is 0 Å². The Hall–Kier alpha value is -2.15. The lowest BCUT2D eigenvalue weighted by atomic mass is 10.2. The van der Waals surface area contributed by atoms with Gasteiger partial charge >= 0.3 is 0 Å². The van der Waals surface area contributed by atoms with Gasteiger partial charge in [-0.15, -0.1) is 0 Å². The number of rotatable bonds is 1. The first-order valence-electron chi connectivity index (χ1n) is 4.12. The van der Waals surface area contributed by atoms with E-state index in [1.807, 2.05) is 19.3 Å². The van der Waals surface area contributed by atoms with Crippen LogP contribution in [-0.2, 0) is 7.05 Å². The van der Waals surface area contributed by atoms with E-state index in [0.29, 0.717) is 5.69 Å². The minimum absolute atomic E-state index is 0.553. The van der Waals surface area contributed by atoms with Gasteiger partial charge in [0, 0.05) is 25.0 Å². The monoisotopic (exact) mass is 184 g/mol. The Morgan fingerprint density at radius 2 is 2.21 bits per heavy atom. The molecule has 0 aromatic carbocycles. The SMILES string of the molecule is [C-]#[N+]c1ccc(-c2cnn(C)c2)nc1. The van der Waals surface area contributed by atoms with E-state index < -0.39 is 0 Å². The van der Waals surface area contributed by atoms with Crippen LogP contribution in [0, 0.1) is 6.57 Å². The van der Waals surface area contributed by atoms with Crippen molar-refractivity contribution in [1.29, 1.82) is 0 Å². The summed E-state index contributed by atoms with van der Waals surface area (Å²) in [4.78, 5) is 7.44. The van der Waals surface area contributed by atoms with Crippen molar-refractivity contribution in [3.63, 3.8) is 0 Å². The largest absolute Gasteiger partial charge is 0.275 e. The molecule has 0 saturated heterocycles. The summed E-state index contributed by atoms with van der Waals surface area (Å²) >= 11 is 0. The minimum atomic E-state index is 0.553. The van der Waals surface area contributed by atoms with Crippen LogP contribution in [0.2, 0.25) is 0 Å². The van der Waals surface area contributed by atoms with Gasteiger partial charge in [0.15, 0.2) is 0 Å². The standard InChI is InChI=1S/C10H8N4/c1-11-9-3-4-10(12-6-9)8-5-13-14(2)7-8/h3-7H,2H3. The summed E-state index contributed by atoms with van der Waals surface area (Å²) in [5, 5.41) is 4.05. The lowest BCUT2D eigenvalue weighted by Crippen LogP contribution is -1.84. The summed E-state index contributed by atoms with van der Waals surface area (Å²) in [6.07, 6.45) is 5.20. The molecule has 2 heterocycles. The molecule has 0 amide bonds. The third kappa shape index (κ3) is 1.48. The van der Waals surface area contributed by atoms with Gasteiger partial charge in [0.1, 0.15) is 0 Å². The number of pyridine rings is 1. The Kier molecular flexibility index (Phi) is 1.99. The number of aryl methyl sites for hydroxylation is 1. The molecule has 2 aromatic rings. The average Bonchev–Trinajstić information content (AvgIpc) is 2.65. The van der Waals surface area contributed by atoms with E-state index in [9.17, 15) is 0 Å². The topological polar surface area (TPSA) is 35.1 Å². The van der Waals surface area contributed by atoms with Crippen LogP contribution in [0.4, 0.5) is 5.69 Å². The summed E-state index contributed by atoms with van der Waals surface area (Å²) in [5.74, 6) is 0. The molecule has 0 fully saturated rings. The quantitative estimate of drug-likeness (QED) is 0.635. The van der Waals surface area contributed by atoms with Gasteiger partial charge in [-0.2, -0.15) is 5.10 Å². The molecule has 0 unspecified atom stereocenters. The molecule has 0 aliphatic heterocycles. The number of nitrogens with zero attached hydrogens (tertiary/aromatic N) is 4. The predicted octanol–water partition coefficient (Wildman–Crippen LogP) is 2.03. The summed E-state index contributed by atoms with van der Waals surface area (Å²) in [7, 11) is 1.86. The van der Waals surface area contributed by atoms with Crippen molar-refractivity contribution in [3.05, 3.63) is 42.1 Å². The zero-order chi connectivity index (χ0) is 9.97. The van der Waals surface area contributed by atoms with Crippen LogP contribution >= 0.6 is 0 Å². The Balaban J connectivity index is 2.39. The van der Waals surface area contributed by atoms with Crippen LogP contribution in [0.5, 0.6) is 0 Å². The Bertz CT molecular complexity index is 476. The normalized spacial score (nSPS) is 9.71. The maximum Gasteiger partial charge on any atom is 0.205 e. The fraction of sp³-hybridized carbons (Fsp3) is 0.100. The predicted molar refractivity (Wildman–Crippen MR) is 52.7 cm³/mol. The van der Waals surface area contributed by atoms with E-state index >= 15 is 0 Å². The molecular formula is C10H8N4. The molecule has 0 saturated carbocycles. The number of hydrogen-bond donors (Lipinski definition) is 0. The Labute approximate surface area is 81.6 Å². The van der Waals surface area contributed by atoms with Gasteiger partial charge in [0.25, 0.3) is 0 Å².